The summed E-state index contributed by atoms with van der Waals surface area (Å²) in [6.45, 7) is 1.33. The molecule has 1 aromatic carbocycles. The third-order valence-electron chi connectivity index (χ3n) is 3.55. The Morgan fingerprint density at radius 2 is 1.93 bits per heavy atom. The summed E-state index contributed by atoms with van der Waals surface area (Å²) in [7, 11) is -2.69. The highest BCUT2D eigenvalue weighted by atomic mass is 35.5. The van der Waals surface area contributed by atoms with E-state index in [-0.39, 0.29) is 26.0 Å². The van der Waals surface area contributed by atoms with Gasteiger partial charge in [0.1, 0.15) is 9.90 Å². The molecule has 0 spiro atoms. The number of nitrogens with two attached hydrogens (primary N) is 1. The molecule has 0 radical (unpaired) electrons. The Hall–Kier alpha value is -2.47. The molecule has 2 aromatic rings. The zero-order valence-electron chi connectivity index (χ0n) is 14.7. The van der Waals surface area contributed by atoms with Gasteiger partial charge in [-0.2, -0.15) is 0 Å². The molecule has 0 aliphatic heterocycles. The van der Waals surface area contributed by atoms with Crippen LogP contribution in [0, 0.1) is 0 Å². The molecule has 0 aliphatic carbocycles. The molecular weight excluding hydrogens is 430 g/mol. The van der Waals surface area contributed by atoms with Crippen LogP contribution >= 0.6 is 22.9 Å². The predicted molar refractivity (Wildman–Crippen MR) is 104 cm³/mol. The fraction of sp³-hybridized carbons (Fsp3) is 0.188. The van der Waals surface area contributed by atoms with E-state index in [1.807, 2.05) is 0 Å². The monoisotopic (exact) mass is 445 g/mol. The number of rotatable bonds is 7. The minimum absolute atomic E-state index is 0.0756. The van der Waals surface area contributed by atoms with E-state index in [4.69, 9.17) is 22.1 Å². The van der Waals surface area contributed by atoms with Gasteiger partial charge in [0.15, 0.2) is 6.10 Å². The Morgan fingerprint density at radius 3 is 2.54 bits per heavy atom. The maximum absolute atomic E-state index is 12.3. The fourth-order valence-corrected chi connectivity index (χ4v) is 4.09. The normalized spacial score (nSPS) is 12.2. The van der Waals surface area contributed by atoms with Crippen molar-refractivity contribution in [2.24, 2.45) is 5.73 Å². The summed E-state index contributed by atoms with van der Waals surface area (Å²) >= 11 is 6.95. The van der Waals surface area contributed by atoms with Crippen LogP contribution in [0.25, 0.3) is 0 Å². The van der Waals surface area contributed by atoms with E-state index >= 15 is 0 Å². The number of hydrogen-bond donors (Lipinski definition) is 3. The minimum atomic E-state index is -3.89. The quantitative estimate of drug-likeness (QED) is 0.552. The number of thiophene rings is 1. The van der Waals surface area contributed by atoms with Crippen molar-refractivity contribution in [1.82, 2.24) is 4.72 Å². The number of esters is 1. The van der Waals surface area contributed by atoms with Crippen LogP contribution in [-0.2, 0) is 19.6 Å². The van der Waals surface area contributed by atoms with Gasteiger partial charge in [-0.15, -0.1) is 11.3 Å². The van der Waals surface area contributed by atoms with E-state index in [0.717, 1.165) is 17.4 Å². The Bertz CT molecular complexity index is 1030. The number of anilines is 1. The molecule has 0 saturated heterocycles. The summed E-state index contributed by atoms with van der Waals surface area (Å²) < 4.78 is 31.1. The van der Waals surface area contributed by atoms with Crippen molar-refractivity contribution in [2.45, 2.75) is 17.9 Å². The van der Waals surface area contributed by atoms with Crippen molar-refractivity contribution in [1.29, 1.82) is 0 Å². The molecule has 2 rings (SSSR count). The number of amides is 2. The third kappa shape index (κ3) is 4.87. The van der Waals surface area contributed by atoms with Crippen molar-refractivity contribution >= 4 is 55.7 Å². The summed E-state index contributed by atoms with van der Waals surface area (Å²) in [5.74, 6) is -2.32. The van der Waals surface area contributed by atoms with Gasteiger partial charge in [0, 0.05) is 0 Å². The lowest BCUT2D eigenvalue weighted by Crippen LogP contribution is -2.30. The molecule has 150 valence electrons. The number of halogens is 1. The van der Waals surface area contributed by atoms with Crippen molar-refractivity contribution in [3.63, 3.8) is 0 Å². The summed E-state index contributed by atoms with van der Waals surface area (Å²) in [5.41, 5.74) is 5.24. The van der Waals surface area contributed by atoms with E-state index in [9.17, 15) is 22.8 Å². The Morgan fingerprint density at radius 1 is 1.25 bits per heavy atom. The number of primary amides is 1. The maximum atomic E-state index is 12.3. The van der Waals surface area contributed by atoms with Crippen LogP contribution in [0.15, 0.2) is 34.5 Å². The number of carbonyl (C=O) groups is 3. The molecule has 28 heavy (non-hydrogen) atoms. The second kappa shape index (κ2) is 8.69. The summed E-state index contributed by atoms with van der Waals surface area (Å²) in [6, 6.07) is 5.01. The molecule has 4 N–H and O–H groups in total. The number of sulfonamides is 1. The summed E-state index contributed by atoms with van der Waals surface area (Å²) in [4.78, 5) is 35.5. The first kappa shape index (κ1) is 21.8. The first-order valence-electron chi connectivity index (χ1n) is 7.69. The van der Waals surface area contributed by atoms with Gasteiger partial charge in [-0.1, -0.05) is 11.6 Å². The number of ether oxygens (including phenoxy) is 1. The first-order chi connectivity index (χ1) is 13.1. The molecule has 2 amide bonds. The third-order valence-corrected chi connectivity index (χ3v) is 6.27. The smallest absolute Gasteiger partial charge is 0.338 e. The van der Waals surface area contributed by atoms with Crippen molar-refractivity contribution in [3.05, 3.63) is 45.8 Å². The van der Waals surface area contributed by atoms with E-state index in [0.29, 0.717) is 0 Å². The van der Waals surface area contributed by atoms with Gasteiger partial charge in [-0.05, 0) is 43.6 Å². The highest BCUT2D eigenvalue weighted by Crippen LogP contribution is 2.24. The van der Waals surface area contributed by atoms with Crippen molar-refractivity contribution in [2.75, 3.05) is 12.4 Å². The molecule has 0 aliphatic rings. The van der Waals surface area contributed by atoms with Gasteiger partial charge < -0.3 is 15.8 Å². The minimum Gasteiger partial charge on any atom is -0.449 e. The molecule has 0 bridgehead atoms. The average molecular weight is 446 g/mol. The summed E-state index contributed by atoms with van der Waals surface area (Å²) in [6.07, 6.45) is -1.23. The first-order valence-corrected chi connectivity index (χ1v) is 10.4. The highest BCUT2D eigenvalue weighted by Gasteiger charge is 2.23. The lowest BCUT2D eigenvalue weighted by atomic mass is 10.2. The lowest BCUT2D eigenvalue weighted by molar-refractivity contribution is -0.123. The van der Waals surface area contributed by atoms with Crippen LogP contribution in [0.1, 0.15) is 27.6 Å². The summed E-state index contributed by atoms with van der Waals surface area (Å²) in [5, 5.41) is 4.19. The van der Waals surface area contributed by atoms with Crippen LogP contribution < -0.4 is 15.8 Å². The largest absolute Gasteiger partial charge is 0.449 e. The van der Waals surface area contributed by atoms with Crippen LogP contribution in [0.2, 0.25) is 5.02 Å². The second-order valence-electron chi connectivity index (χ2n) is 5.42. The number of carbonyl (C=O) groups excluding carboxylic acids is 3. The van der Waals surface area contributed by atoms with Crippen molar-refractivity contribution in [3.8, 4) is 0 Å². The molecule has 1 aromatic heterocycles. The van der Waals surface area contributed by atoms with E-state index in [1.165, 1.54) is 32.2 Å². The SMILES string of the molecule is CNS(=O)(=O)c1cc(C(=O)O[C@@H](C)C(=O)Nc2sccc2C(N)=O)ccc1Cl. The number of nitrogens with one attached hydrogen (secondary N) is 2. The maximum Gasteiger partial charge on any atom is 0.338 e. The fourth-order valence-electron chi connectivity index (χ4n) is 2.04. The lowest BCUT2D eigenvalue weighted by Gasteiger charge is -2.14. The number of hydrogen-bond acceptors (Lipinski definition) is 7. The Kier molecular flexibility index (Phi) is 6.77. The Balaban J connectivity index is 2.14. The highest BCUT2D eigenvalue weighted by molar-refractivity contribution is 7.89. The van der Waals surface area contributed by atoms with Crippen LogP contribution in [0.4, 0.5) is 5.00 Å². The molecular formula is C16H16ClN3O6S2. The average Bonchev–Trinajstić information content (AvgIpc) is 3.10. The molecule has 0 unspecified atom stereocenters. The van der Waals surface area contributed by atoms with Gasteiger partial charge in [0.2, 0.25) is 10.0 Å². The van der Waals surface area contributed by atoms with Crippen molar-refractivity contribution < 1.29 is 27.5 Å². The van der Waals surface area contributed by atoms with E-state index < -0.39 is 33.9 Å². The zero-order valence-corrected chi connectivity index (χ0v) is 17.1. The molecule has 0 saturated carbocycles. The Labute approximate surface area is 169 Å². The molecule has 12 heteroatoms. The molecule has 0 fully saturated rings. The van der Waals surface area contributed by atoms with Gasteiger partial charge in [0.25, 0.3) is 11.8 Å². The second-order valence-corrected chi connectivity index (χ2v) is 8.60. The topological polar surface area (TPSA) is 145 Å². The van der Waals surface area contributed by atoms with Crippen LogP contribution in [0.5, 0.6) is 0 Å². The van der Waals surface area contributed by atoms with Gasteiger partial charge >= 0.3 is 5.97 Å². The predicted octanol–water partition coefficient (Wildman–Crippen LogP) is 1.59. The standard InChI is InChI=1S/C16H16ClN3O6S2/c1-8(14(22)20-15-10(13(18)21)5-6-27-15)26-16(23)9-3-4-11(17)12(7-9)28(24,25)19-2/h3-8,19H,1-2H3,(H2,18,21)(H,20,22)/t8-/m0/s1. The number of benzene rings is 1. The molecule has 9 nitrogen and oxygen atoms in total. The van der Waals surface area contributed by atoms with Gasteiger partial charge in [0.05, 0.1) is 16.1 Å². The van der Waals surface area contributed by atoms with Gasteiger partial charge in [-0.3, -0.25) is 9.59 Å². The van der Waals surface area contributed by atoms with E-state index in [1.54, 1.807) is 5.38 Å². The van der Waals surface area contributed by atoms with E-state index in [2.05, 4.69) is 10.0 Å². The van der Waals surface area contributed by atoms with Crippen LogP contribution in [0.3, 0.4) is 0 Å². The van der Waals surface area contributed by atoms with Crippen LogP contribution in [-0.4, -0.2) is 39.4 Å². The van der Waals surface area contributed by atoms with Gasteiger partial charge in [-0.25, -0.2) is 17.9 Å². The zero-order chi connectivity index (χ0) is 21.1. The molecule has 1 heterocycles. The molecule has 1 atom stereocenters.